The van der Waals surface area contributed by atoms with Crippen molar-refractivity contribution in [1.29, 1.82) is 0 Å². The molecule has 7 nitrogen and oxygen atoms in total. The fraction of sp³-hybridized carbons (Fsp3) is 0.900. The second kappa shape index (κ2) is 37.4. The van der Waals surface area contributed by atoms with E-state index in [1.807, 2.05) is 0 Å². The van der Waals surface area contributed by atoms with E-state index in [1.54, 1.807) is 0 Å². The van der Waals surface area contributed by atoms with Gasteiger partial charge < -0.3 is 24.4 Å². The molecule has 47 heavy (non-hydrogen) atoms. The Kier molecular flexibility index (Phi) is 36.2. The number of unbranched alkanes of at least 4 members (excludes halogenated alkanes) is 23. The molecule has 0 spiro atoms. The first-order chi connectivity index (χ1) is 23.1. The van der Waals surface area contributed by atoms with Crippen LogP contribution in [0.5, 0.6) is 0 Å². The average Bonchev–Trinajstić information content (AvgIpc) is 3.08. The molecular formula is C40H76O7. The van der Waals surface area contributed by atoms with Crippen LogP contribution >= 0.6 is 0 Å². The summed E-state index contributed by atoms with van der Waals surface area (Å²) in [4.78, 5) is 24.3. The Labute approximate surface area is 290 Å². The molecule has 0 saturated carbocycles. The van der Waals surface area contributed by atoms with Crippen LogP contribution in [-0.4, -0.2) is 60.8 Å². The van der Waals surface area contributed by atoms with Crippen molar-refractivity contribution in [3.05, 3.63) is 12.2 Å². The van der Waals surface area contributed by atoms with E-state index in [0.717, 1.165) is 44.9 Å². The molecule has 0 heterocycles. The predicted octanol–water partition coefficient (Wildman–Crippen LogP) is 10.3. The third-order valence-electron chi connectivity index (χ3n) is 8.78. The zero-order valence-electron chi connectivity index (χ0n) is 30.9. The molecule has 0 amide bonds. The third-order valence-corrected chi connectivity index (χ3v) is 8.78. The first-order valence-electron chi connectivity index (χ1n) is 19.9. The maximum atomic E-state index is 12.1. The van der Waals surface area contributed by atoms with Crippen LogP contribution in [0.25, 0.3) is 0 Å². The summed E-state index contributed by atoms with van der Waals surface area (Å²) in [5.74, 6) is -0.614. The monoisotopic (exact) mass is 669 g/mol. The highest BCUT2D eigenvalue weighted by atomic mass is 16.6. The Hall–Kier alpha value is -1.44. The Morgan fingerprint density at radius 2 is 0.766 bits per heavy atom. The van der Waals surface area contributed by atoms with Gasteiger partial charge in [-0.15, -0.1) is 0 Å². The molecule has 0 aliphatic rings. The summed E-state index contributed by atoms with van der Waals surface area (Å²) < 4.78 is 16.2. The molecular weight excluding hydrogens is 592 g/mol. The topological polar surface area (TPSA) is 102 Å². The van der Waals surface area contributed by atoms with Crippen molar-refractivity contribution < 1.29 is 34.0 Å². The summed E-state index contributed by atoms with van der Waals surface area (Å²) >= 11 is 0. The maximum Gasteiger partial charge on any atom is 0.305 e. The lowest BCUT2D eigenvalue weighted by atomic mass is 10.0. The second-order valence-electron chi connectivity index (χ2n) is 13.4. The molecule has 0 aliphatic carbocycles. The van der Waals surface area contributed by atoms with Crippen LogP contribution in [0, 0.1) is 0 Å². The largest absolute Gasteiger partial charge is 0.463 e. The summed E-state index contributed by atoms with van der Waals surface area (Å²) in [7, 11) is 0. The fourth-order valence-electron chi connectivity index (χ4n) is 5.69. The van der Waals surface area contributed by atoms with Gasteiger partial charge >= 0.3 is 11.9 Å². The molecule has 2 atom stereocenters. The smallest absolute Gasteiger partial charge is 0.305 e. The predicted molar refractivity (Wildman–Crippen MR) is 195 cm³/mol. The summed E-state index contributed by atoms with van der Waals surface area (Å²) in [6.45, 7) is 3.61. The lowest BCUT2D eigenvalue weighted by Crippen LogP contribution is -2.35. The standard InChI is InChI=1S/C40H76O7/c1-3-5-7-9-11-13-15-17-18-20-22-24-26-28-30-32-40(44)46-36-38(34-42)47-37(33-41)35-45-39(43)31-29-27-25-23-21-19-16-14-12-10-8-6-4-2/h17-18,37-38,41-42H,3-16,19-36H2,1-2H3. The lowest BCUT2D eigenvalue weighted by Gasteiger charge is -2.22. The summed E-state index contributed by atoms with van der Waals surface area (Å²) in [5.41, 5.74) is 0. The molecule has 0 fully saturated rings. The van der Waals surface area contributed by atoms with Crippen molar-refractivity contribution in [3.8, 4) is 0 Å². The number of carbonyl (C=O) groups is 2. The highest BCUT2D eigenvalue weighted by Crippen LogP contribution is 2.14. The molecule has 0 aliphatic heterocycles. The van der Waals surface area contributed by atoms with Crippen molar-refractivity contribution in [2.75, 3.05) is 26.4 Å². The molecule has 0 aromatic rings. The number of allylic oxidation sites excluding steroid dienone is 2. The quantitative estimate of drug-likeness (QED) is 0.0386. The number of esters is 2. The molecule has 0 aromatic carbocycles. The Balaban J connectivity index is 3.75. The van der Waals surface area contributed by atoms with E-state index >= 15 is 0 Å². The van der Waals surface area contributed by atoms with Crippen LogP contribution in [0.1, 0.15) is 194 Å². The van der Waals surface area contributed by atoms with Gasteiger partial charge in [0.1, 0.15) is 25.4 Å². The van der Waals surface area contributed by atoms with Gasteiger partial charge in [0.05, 0.1) is 13.2 Å². The van der Waals surface area contributed by atoms with E-state index in [-0.39, 0.29) is 38.4 Å². The molecule has 0 saturated heterocycles. The van der Waals surface area contributed by atoms with Gasteiger partial charge in [0.2, 0.25) is 0 Å². The zero-order chi connectivity index (χ0) is 34.5. The highest BCUT2D eigenvalue weighted by Gasteiger charge is 2.19. The third kappa shape index (κ3) is 34.2. The van der Waals surface area contributed by atoms with E-state index in [1.165, 1.54) is 122 Å². The first-order valence-corrected chi connectivity index (χ1v) is 19.9. The second-order valence-corrected chi connectivity index (χ2v) is 13.4. The number of carbonyl (C=O) groups excluding carboxylic acids is 2. The van der Waals surface area contributed by atoms with Gasteiger partial charge in [-0.05, 0) is 38.5 Å². The normalized spacial score (nSPS) is 12.9. The van der Waals surface area contributed by atoms with Gasteiger partial charge in [-0.25, -0.2) is 0 Å². The summed E-state index contributed by atoms with van der Waals surface area (Å²) in [6.07, 6.45) is 35.7. The van der Waals surface area contributed by atoms with E-state index in [9.17, 15) is 19.8 Å². The Morgan fingerprint density at radius 1 is 0.468 bits per heavy atom. The SMILES string of the molecule is CCCCCCCCC=CCCCCCCCC(=O)OCC(CO)OC(CO)COC(=O)CCCCCCCCCCCCCCC. The minimum atomic E-state index is -0.773. The van der Waals surface area contributed by atoms with E-state index in [2.05, 4.69) is 26.0 Å². The van der Waals surface area contributed by atoms with Gasteiger partial charge in [-0.1, -0.05) is 154 Å². The van der Waals surface area contributed by atoms with Crippen molar-refractivity contribution in [2.45, 2.75) is 206 Å². The number of ether oxygens (including phenoxy) is 3. The molecule has 2 unspecified atom stereocenters. The minimum Gasteiger partial charge on any atom is -0.463 e. The maximum absolute atomic E-state index is 12.1. The van der Waals surface area contributed by atoms with Crippen molar-refractivity contribution >= 4 is 11.9 Å². The van der Waals surface area contributed by atoms with E-state index in [4.69, 9.17) is 14.2 Å². The number of hydrogen-bond acceptors (Lipinski definition) is 7. The van der Waals surface area contributed by atoms with Gasteiger partial charge in [-0.2, -0.15) is 0 Å². The molecule has 278 valence electrons. The van der Waals surface area contributed by atoms with Gasteiger partial charge in [0.25, 0.3) is 0 Å². The minimum absolute atomic E-state index is 0.0901. The summed E-state index contributed by atoms with van der Waals surface area (Å²) in [6, 6.07) is 0. The van der Waals surface area contributed by atoms with Gasteiger partial charge in [0, 0.05) is 12.8 Å². The van der Waals surface area contributed by atoms with Gasteiger partial charge in [0.15, 0.2) is 0 Å². The van der Waals surface area contributed by atoms with Crippen LogP contribution in [0.2, 0.25) is 0 Å². The number of aliphatic hydroxyl groups is 2. The Bertz CT molecular complexity index is 696. The highest BCUT2D eigenvalue weighted by molar-refractivity contribution is 5.69. The number of aliphatic hydroxyl groups excluding tert-OH is 2. The molecule has 2 N–H and O–H groups in total. The number of rotatable bonds is 37. The van der Waals surface area contributed by atoms with Crippen LogP contribution in [0.15, 0.2) is 12.2 Å². The van der Waals surface area contributed by atoms with Gasteiger partial charge in [-0.3, -0.25) is 9.59 Å². The molecule has 0 radical (unpaired) electrons. The summed E-state index contributed by atoms with van der Waals surface area (Å²) in [5, 5.41) is 19.3. The van der Waals surface area contributed by atoms with Crippen LogP contribution in [0.3, 0.4) is 0 Å². The van der Waals surface area contributed by atoms with Crippen LogP contribution < -0.4 is 0 Å². The van der Waals surface area contributed by atoms with E-state index in [0.29, 0.717) is 12.8 Å². The zero-order valence-corrected chi connectivity index (χ0v) is 30.9. The molecule has 0 rings (SSSR count). The van der Waals surface area contributed by atoms with E-state index < -0.39 is 12.2 Å². The van der Waals surface area contributed by atoms with Crippen molar-refractivity contribution in [3.63, 3.8) is 0 Å². The van der Waals surface area contributed by atoms with Crippen molar-refractivity contribution in [1.82, 2.24) is 0 Å². The number of hydrogen-bond donors (Lipinski definition) is 2. The van der Waals surface area contributed by atoms with Crippen molar-refractivity contribution in [2.24, 2.45) is 0 Å². The molecule has 0 bridgehead atoms. The average molecular weight is 669 g/mol. The molecule has 7 heteroatoms. The Morgan fingerprint density at radius 3 is 1.09 bits per heavy atom. The van der Waals surface area contributed by atoms with Crippen LogP contribution in [0.4, 0.5) is 0 Å². The lowest BCUT2D eigenvalue weighted by molar-refractivity contribution is -0.160. The fourth-order valence-corrected chi connectivity index (χ4v) is 5.69. The van der Waals surface area contributed by atoms with Crippen LogP contribution in [-0.2, 0) is 23.8 Å². The first kappa shape index (κ1) is 45.6. The molecule has 0 aromatic heterocycles.